The van der Waals surface area contributed by atoms with Crippen molar-refractivity contribution >= 4 is 30.0 Å². The third-order valence-electron chi connectivity index (χ3n) is 6.91. The zero-order valence-electron chi connectivity index (χ0n) is 19.6. The highest BCUT2D eigenvalue weighted by molar-refractivity contribution is 6.05. The summed E-state index contributed by atoms with van der Waals surface area (Å²) in [6, 6.07) is 5.10. The monoisotopic (exact) mass is 478 g/mol. The van der Waals surface area contributed by atoms with Crippen LogP contribution < -0.4 is 16.0 Å². The number of carbonyl (C=O) groups is 5. The number of piperidine rings is 1. The van der Waals surface area contributed by atoms with E-state index in [4.69, 9.17) is 0 Å². The van der Waals surface area contributed by atoms with Crippen LogP contribution in [0, 0.1) is 11.8 Å². The Labute approximate surface area is 204 Å². The van der Waals surface area contributed by atoms with Crippen LogP contribution in [0.4, 0.5) is 0 Å². The standard InChI is InChI=1S/C26H30N4O5/c31-16-27-18-9-11-19(12-10-18)28-23(32)8-3-1-2-5-17-6-4-7-20-21(17)15-30(26(20)35)22-13-14-24(33)29-25(22)34/h4,6-7,16,18-19,22H,1,3,8-15H2,(H,27,31)(H,28,32)(H,29,33,34). The fraction of sp³-hybridized carbons (Fsp3) is 0.500. The predicted octanol–water partition coefficient (Wildman–Crippen LogP) is 1.14. The second-order valence-corrected chi connectivity index (χ2v) is 9.29. The molecule has 1 atom stereocenters. The molecular formula is C26H30N4O5. The zero-order valence-corrected chi connectivity index (χ0v) is 19.6. The highest BCUT2D eigenvalue weighted by Crippen LogP contribution is 2.29. The fourth-order valence-electron chi connectivity index (χ4n) is 5.00. The summed E-state index contributed by atoms with van der Waals surface area (Å²) in [4.78, 5) is 60.9. The van der Waals surface area contributed by atoms with Crippen molar-refractivity contribution in [3.63, 3.8) is 0 Å². The maximum atomic E-state index is 12.9. The second-order valence-electron chi connectivity index (χ2n) is 9.29. The van der Waals surface area contributed by atoms with Crippen LogP contribution >= 0.6 is 0 Å². The Morgan fingerprint density at radius 3 is 2.63 bits per heavy atom. The quantitative estimate of drug-likeness (QED) is 0.235. The topological polar surface area (TPSA) is 125 Å². The summed E-state index contributed by atoms with van der Waals surface area (Å²) in [6.07, 6.45) is 6.35. The van der Waals surface area contributed by atoms with E-state index < -0.39 is 11.9 Å². The van der Waals surface area contributed by atoms with Gasteiger partial charge in [-0.2, -0.15) is 0 Å². The Balaban J connectivity index is 1.26. The average Bonchev–Trinajstić information content (AvgIpc) is 3.17. The molecule has 1 saturated carbocycles. The van der Waals surface area contributed by atoms with E-state index in [0.717, 1.165) is 43.2 Å². The van der Waals surface area contributed by atoms with Gasteiger partial charge in [0.2, 0.25) is 24.1 Å². The molecule has 3 N–H and O–H groups in total. The number of unbranched alkanes of at least 4 members (excludes halogenated alkanes) is 1. The summed E-state index contributed by atoms with van der Waals surface area (Å²) < 4.78 is 0. The van der Waals surface area contributed by atoms with Gasteiger partial charge in [-0.3, -0.25) is 29.3 Å². The molecule has 3 aliphatic rings. The van der Waals surface area contributed by atoms with Crippen LogP contribution in [0.25, 0.3) is 0 Å². The molecule has 1 aliphatic carbocycles. The van der Waals surface area contributed by atoms with Gasteiger partial charge >= 0.3 is 0 Å². The largest absolute Gasteiger partial charge is 0.356 e. The average molecular weight is 479 g/mol. The number of hydrogen-bond acceptors (Lipinski definition) is 5. The second kappa shape index (κ2) is 11.2. The number of nitrogens with one attached hydrogen (secondary N) is 3. The van der Waals surface area contributed by atoms with E-state index in [-0.39, 0.29) is 42.8 Å². The van der Waals surface area contributed by atoms with Crippen LogP contribution in [0.3, 0.4) is 0 Å². The van der Waals surface area contributed by atoms with E-state index in [1.54, 1.807) is 12.1 Å². The lowest BCUT2D eigenvalue weighted by atomic mass is 9.91. The molecule has 4 rings (SSSR count). The van der Waals surface area contributed by atoms with Gasteiger partial charge in [0.15, 0.2) is 0 Å². The van der Waals surface area contributed by atoms with Crippen molar-refractivity contribution in [3.8, 4) is 11.8 Å². The summed E-state index contributed by atoms with van der Waals surface area (Å²) in [6.45, 7) is 0.290. The third kappa shape index (κ3) is 5.88. The van der Waals surface area contributed by atoms with Crippen molar-refractivity contribution in [3.05, 3.63) is 34.9 Å². The van der Waals surface area contributed by atoms with Gasteiger partial charge in [-0.25, -0.2) is 0 Å². The van der Waals surface area contributed by atoms with Crippen molar-refractivity contribution in [1.82, 2.24) is 20.9 Å². The Morgan fingerprint density at radius 1 is 1.11 bits per heavy atom. The van der Waals surface area contributed by atoms with Crippen LogP contribution in [0.1, 0.15) is 79.3 Å². The summed E-state index contributed by atoms with van der Waals surface area (Å²) in [5.74, 6) is 5.30. The van der Waals surface area contributed by atoms with Gasteiger partial charge in [0, 0.05) is 49.0 Å². The van der Waals surface area contributed by atoms with Crippen molar-refractivity contribution in [2.24, 2.45) is 0 Å². The fourth-order valence-corrected chi connectivity index (χ4v) is 5.00. The van der Waals surface area contributed by atoms with E-state index in [9.17, 15) is 24.0 Å². The highest BCUT2D eigenvalue weighted by Gasteiger charge is 2.39. The van der Waals surface area contributed by atoms with Crippen LogP contribution in [0.5, 0.6) is 0 Å². The molecule has 1 saturated heterocycles. The number of amides is 5. The minimum Gasteiger partial charge on any atom is -0.356 e. The van der Waals surface area contributed by atoms with Crippen molar-refractivity contribution < 1.29 is 24.0 Å². The number of imide groups is 1. The molecule has 0 radical (unpaired) electrons. The summed E-state index contributed by atoms with van der Waals surface area (Å²) >= 11 is 0. The van der Waals surface area contributed by atoms with Crippen LogP contribution in [0.2, 0.25) is 0 Å². The predicted molar refractivity (Wildman–Crippen MR) is 127 cm³/mol. The van der Waals surface area contributed by atoms with E-state index in [1.165, 1.54) is 4.90 Å². The van der Waals surface area contributed by atoms with Gasteiger partial charge in [-0.1, -0.05) is 17.9 Å². The van der Waals surface area contributed by atoms with Crippen molar-refractivity contribution in [2.45, 2.75) is 82.5 Å². The first kappa shape index (κ1) is 24.5. The summed E-state index contributed by atoms with van der Waals surface area (Å²) in [5.41, 5.74) is 2.09. The lowest BCUT2D eigenvalue weighted by Crippen LogP contribution is -2.52. The van der Waals surface area contributed by atoms with E-state index in [2.05, 4.69) is 27.8 Å². The number of hydrogen-bond donors (Lipinski definition) is 3. The van der Waals surface area contributed by atoms with E-state index in [1.807, 2.05) is 6.07 Å². The molecule has 9 heteroatoms. The van der Waals surface area contributed by atoms with Gasteiger partial charge in [0.05, 0.1) is 0 Å². The molecular weight excluding hydrogens is 448 g/mol. The molecule has 2 fully saturated rings. The molecule has 184 valence electrons. The van der Waals surface area contributed by atoms with E-state index >= 15 is 0 Å². The van der Waals surface area contributed by atoms with Crippen LogP contribution in [-0.2, 0) is 25.7 Å². The minimum absolute atomic E-state index is 0.0182. The molecule has 0 spiro atoms. The normalized spacial score (nSPS) is 23.6. The first-order valence-electron chi connectivity index (χ1n) is 12.2. The molecule has 9 nitrogen and oxygen atoms in total. The first-order valence-corrected chi connectivity index (χ1v) is 12.2. The van der Waals surface area contributed by atoms with E-state index in [0.29, 0.717) is 31.2 Å². The summed E-state index contributed by atoms with van der Waals surface area (Å²) in [5, 5.41) is 8.18. The Hall–Kier alpha value is -3.67. The lowest BCUT2D eigenvalue weighted by Gasteiger charge is -2.29. The SMILES string of the molecule is O=CNC1CCC(NC(=O)CCCC#Cc2cccc3c2CN(C2CCC(=O)NC2=O)C3=O)CC1. The Bertz CT molecular complexity index is 1080. The van der Waals surface area contributed by atoms with Crippen LogP contribution in [0.15, 0.2) is 18.2 Å². The number of fused-ring (bicyclic) bond motifs is 1. The Kier molecular flexibility index (Phi) is 7.80. The maximum Gasteiger partial charge on any atom is 0.255 e. The molecule has 5 amide bonds. The maximum absolute atomic E-state index is 12.9. The number of nitrogens with zero attached hydrogens (tertiary/aromatic N) is 1. The number of carbonyl (C=O) groups excluding carboxylic acids is 5. The molecule has 2 aliphatic heterocycles. The summed E-state index contributed by atoms with van der Waals surface area (Å²) in [7, 11) is 0. The molecule has 1 aromatic carbocycles. The number of rotatable bonds is 7. The molecule has 2 heterocycles. The van der Waals surface area contributed by atoms with Gasteiger partial charge in [0.25, 0.3) is 5.91 Å². The number of benzene rings is 1. The molecule has 1 unspecified atom stereocenters. The van der Waals surface area contributed by atoms with Crippen molar-refractivity contribution in [1.29, 1.82) is 0 Å². The van der Waals surface area contributed by atoms with Gasteiger partial charge in [0.1, 0.15) is 6.04 Å². The van der Waals surface area contributed by atoms with Gasteiger partial charge in [-0.05, 0) is 56.2 Å². The van der Waals surface area contributed by atoms with Crippen LogP contribution in [-0.4, -0.2) is 53.1 Å². The molecule has 0 aromatic heterocycles. The Morgan fingerprint density at radius 2 is 1.89 bits per heavy atom. The smallest absolute Gasteiger partial charge is 0.255 e. The van der Waals surface area contributed by atoms with Gasteiger partial charge < -0.3 is 15.5 Å². The minimum atomic E-state index is -0.650. The zero-order chi connectivity index (χ0) is 24.8. The molecule has 0 bridgehead atoms. The highest BCUT2D eigenvalue weighted by atomic mass is 16.2. The molecule has 1 aromatic rings. The third-order valence-corrected chi connectivity index (χ3v) is 6.91. The van der Waals surface area contributed by atoms with Gasteiger partial charge in [-0.15, -0.1) is 0 Å². The first-order chi connectivity index (χ1) is 17.0. The van der Waals surface area contributed by atoms with Crippen molar-refractivity contribution in [2.75, 3.05) is 0 Å². The molecule has 35 heavy (non-hydrogen) atoms. The lowest BCUT2D eigenvalue weighted by molar-refractivity contribution is -0.137.